The lowest BCUT2D eigenvalue weighted by molar-refractivity contribution is 0.507. The molecule has 28 heavy (non-hydrogen) atoms. The molecule has 0 aliphatic rings. The average Bonchev–Trinajstić information content (AvgIpc) is 3.11. The van der Waals surface area contributed by atoms with Crippen LogP contribution in [0.25, 0.3) is 0 Å². The molecule has 0 fully saturated rings. The number of aliphatic imine (C=N–C) groups is 1. The van der Waals surface area contributed by atoms with Gasteiger partial charge in [0.1, 0.15) is 11.6 Å². The molecule has 2 rings (SSSR count). The van der Waals surface area contributed by atoms with E-state index < -0.39 is 15.8 Å². The number of guanidine groups is 1. The van der Waals surface area contributed by atoms with Gasteiger partial charge in [-0.15, -0.1) is 24.0 Å². The van der Waals surface area contributed by atoms with Crippen LogP contribution in [0.5, 0.6) is 0 Å². The number of sulfonamides is 1. The molecule has 0 radical (unpaired) electrons. The van der Waals surface area contributed by atoms with Crippen molar-refractivity contribution in [2.24, 2.45) is 4.99 Å². The smallest absolute Gasteiger partial charge is 0.234 e. The van der Waals surface area contributed by atoms with Crippen molar-refractivity contribution in [3.8, 4) is 0 Å². The number of nitrogens with zero attached hydrogens (tertiary/aromatic N) is 1. The maximum Gasteiger partial charge on any atom is 0.234 e. The van der Waals surface area contributed by atoms with Crippen molar-refractivity contribution in [3.63, 3.8) is 0 Å². The maximum absolute atomic E-state index is 13.5. The van der Waals surface area contributed by atoms with Crippen LogP contribution in [0.4, 0.5) is 10.1 Å². The summed E-state index contributed by atoms with van der Waals surface area (Å²) in [7, 11) is -3.63. The molecule has 3 N–H and O–H groups in total. The lowest BCUT2D eigenvalue weighted by atomic mass is 10.2. The zero-order chi connectivity index (χ0) is 19.7. The summed E-state index contributed by atoms with van der Waals surface area (Å²) in [5.41, 5.74) is 0.656. The van der Waals surface area contributed by atoms with Crippen LogP contribution in [0, 0.1) is 12.7 Å². The Balaban J connectivity index is 0.00000392. The molecule has 1 heterocycles. The minimum absolute atomic E-state index is 0. The summed E-state index contributed by atoms with van der Waals surface area (Å²) >= 11 is 0. The normalized spacial score (nSPS) is 11.6. The molecule has 0 amide bonds. The molecule has 2 aromatic rings. The highest BCUT2D eigenvalue weighted by molar-refractivity contribution is 14.0. The molecule has 0 saturated heterocycles. The van der Waals surface area contributed by atoms with Crippen molar-refractivity contribution in [3.05, 3.63) is 53.7 Å². The molecule has 7 nitrogen and oxygen atoms in total. The minimum Gasteiger partial charge on any atom is -0.469 e. The number of aryl methyl sites for hydroxylation is 1. The molecule has 0 aliphatic carbocycles. The molecular weight excluding hydrogens is 498 g/mol. The fourth-order valence-corrected chi connectivity index (χ4v) is 3.19. The second-order valence-electron chi connectivity index (χ2n) is 5.90. The largest absolute Gasteiger partial charge is 0.469 e. The molecule has 0 spiro atoms. The van der Waals surface area contributed by atoms with Gasteiger partial charge < -0.3 is 15.1 Å². The number of halogens is 2. The quantitative estimate of drug-likeness (QED) is 0.267. The standard InChI is InChI=1S/C18H25FN4O3S.HI/c1-3-20-18(21-9-8-16-5-4-11-26-16)22-10-12-27(24,25)23-15-7-6-14(2)17(19)13-15;/h4-7,11,13,23H,3,8-10,12H2,1-2H3,(H2,20,21,22);1H. The third-order valence-corrected chi connectivity index (χ3v) is 4.93. The number of nitrogens with one attached hydrogen (secondary N) is 3. The van der Waals surface area contributed by atoms with Gasteiger partial charge in [-0.1, -0.05) is 6.07 Å². The Labute approximate surface area is 182 Å². The van der Waals surface area contributed by atoms with E-state index in [1.807, 2.05) is 19.1 Å². The van der Waals surface area contributed by atoms with Gasteiger partial charge in [-0.2, -0.15) is 0 Å². The van der Waals surface area contributed by atoms with Crippen molar-refractivity contribution in [2.45, 2.75) is 20.3 Å². The Morgan fingerprint density at radius 2 is 2.04 bits per heavy atom. The summed E-state index contributed by atoms with van der Waals surface area (Å²) in [6.45, 7) is 4.87. The van der Waals surface area contributed by atoms with Gasteiger partial charge in [-0.05, 0) is 43.7 Å². The van der Waals surface area contributed by atoms with Gasteiger partial charge in [-0.3, -0.25) is 9.71 Å². The molecule has 0 bridgehead atoms. The first-order valence-corrected chi connectivity index (χ1v) is 10.4. The zero-order valence-corrected chi connectivity index (χ0v) is 19.0. The van der Waals surface area contributed by atoms with E-state index in [1.165, 1.54) is 12.1 Å². The molecular formula is C18H26FIN4O3S. The highest BCUT2D eigenvalue weighted by atomic mass is 127. The van der Waals surface area contributed by atoms with Crippen LogP contribution >= 0.6 is 24.0 Å². The van der Waals surface area contributed by atoms with Gasteiger partial charge in [0.05, 0.1) is 24.2 Å². The first-order chi connectivity index (χ1) is 12.9. The Hall–Kier alpha value is -1.82. The SMILES string of the molecule is CCNC(=NCCS(=O)(=O)Nc1ccc(C)c(F)c1)NCCc1ccco1.I. The highest BCUT2D eigenvalue weighted by Crippen LogP contribution is 2.14. The lowest BCUT2D eigenvalue weighted by Crippen LogP contribution is -2.38. The number of rotatable bonds is 9. The predicted octanol–water partition coefficient (Wildman–Crippen LogP) is 2.88. The van der Waals surface area contributed by atoms with Crippen LogP contribution in [-0.4, -0.2) is 39.8 Å². The van der Waals surface area contributed by atoms with Crippen LogP contribution in [0.1, 0.15) is 18.2 Å². The van der Waals surface area contributed by atoms with Crippen molar-refractivity contribution in [2.75, 3.05) is 30.1 Å². The second kappa shape index (κ2) is 11.9. The number of benzene rings is 1. The van der Waals surface area contributed by atoms with E-state index in [1.54, 1.807) is 13.2 Å². The van der Waals surface area contributed by atoms with E-state index in [-0.39, 0.29) is 42.0 Å². The predicted molar refractivity (Wildman–Crippen MR) is 120 cm³/mol. The van der Waals surface area contributed by atoms with Gasteiger partial charge in [0.2, 0.25) is 10.0 Å². The van der Waals surface area contributed by atoms with Crippen LogP contribution in [0.15, 0.2) is 46.0 Å². The van der Waals surface area contributed by atoms with Crippen molar-refractivity contribution >= 4 is 45.6 Å². The molecule has 1 aromatic carbocycles. The van der Waals surface area contributed by atoms with Gasteiger partial charge in [-0.25, -0.2) is 12.8 Å². The molecule has 0 atom stereocenters. The number of anilines is 1. The zero-order valence-electron chi connectivity index (χ0n) is 15.9. The van der Waals surface area contributed by atoms with Crippen LogP contribution in [0.3, 0.4) is 0 Å². The molecule has 0 aliphatic heterocycles. The fraction of sp³-hybridized carbons (Fsp3) is 0.389. The average molecular weight is 524 g/mol. The second-order valence-corrected chi connectivity index (χ2v) is 7.74. The molecule has 1 aromatic heterocycles. The van der Waals surface area contributed by atoms with Gasteiger partial charge in [0, 0.05) is 19.5 Å². The Morgan fingerprint density at radius 3 is 2.68 bits per heavy atom. The summed E-state index contributed by atoms with van der Waals surface area (Å²) in [5, 5.41) is 6.18. The topological polar surface area (TPSA) is 95.7 Å². The maximum atomic E-state index is 13.5. The van der Waals surface area contributed by atoms with Gasteiger partial charge >= 0.3 is 0 Å². The van der Waals surface area contributed by atoms with Gasteiger partial charge in [0.15, 0.2) is 5.96 Å². The van der Waals surface area contributed by atoms with E-state index in [9.17, 15) is 12.8 Å². The molecule has 10 heteroatoms. The van der Waals surface area contributed by atoms with Gasteiger partial charge in [0.25, 0.3) is 0 Å². The molecule has 156 valence electrons. The third-order valence-electron chi connectivity index (χ3n) is 3.66. The van der Waals surface area contributed by atoms with E-state index in [0.717, 1.165) is 11.8 Å². The van der Waals surface area contributed by atoms with Crippen LogP contribution in [-0.2, 0) is 16.4 Å². The number of hydrogen-bond acceptors (Lipinski definition) is 4. The van der Waals surface area contributed by atoms with Crippen molar-refractivity contribution < 1.29 is 17.2 Å². The van der Waals surface area contributed by atoms with Crippen molar-refractivity contribution in [1.29, 1.82) is 0 Å². The van der Waals surface area contributed by atoms with Crippen LogP contribution < -0.4 is 15.4 Å². The summed E-state index contributed by atoms with van der Waals surface area (Å²) < 4.78 is 45.5. The van der Waals surface area contributed by atoms with Crippen molar-refractivity contribution in [1.82, 2.24) is 10.6 Å². The third kappa shape index (κ3) is 8.46. The van der Waals surface area contributed by atoms with Crippen LogP contribution in [0.2, 0.25) is 0 Å². The van der Waals surface area contributed by atoms with E-state index in [2.05, 4.69) is 20.3 Å². The number of hydrogen-bond donors (Lipinski definition) is 3. The summed E-state index contributed by atoms with van der Waals surface area (Å²) in [5.74, 6) is 0.719. The van der Waals surface area contributed by atoms with E-state index in [0.29, 0.717) is 31.0 Å². The first kappa shape index (κ1) is 24.2. The molecule has 0 unspecified atom stereocenters. The number of furan rings is 1. The van der Waals surface area contributed by atoms with E-state index in [4.69, 9.17) is 4.42 Å². The Bertz CT molecular complexity index is 858. The summed E-state index contributed by atoms with van der Waals surface area (Å²) in [4.78, 5) is 4.26. The Morgan fingerprint density at radius 1 is 1.25 bits per heavy atom. The molecule has 0 saturated carbocycles. The first-order valence-electron chi connectivity index (χ1n) is 8.71. The Kier molecular flexibility index (Phi) is 10.3. The monoisotopic (exact) mass is 524 g/mol. The summed E-state index contributed by atoms with van der Waals surface area (Å²) in [6, 6.07) is 7.93. The van der Waals surface area contributed by atoms with E-state index >= 15 is 0 Å². The highest BCUT2D eigenvalue weighted by Gasteiger charge is 2.11. The minimum atomic E-state index is -3.63. The lowest BCUT2D eigenvalue weighted by Gasteiger charge is -2.11. The fourth-order valence-electron chi connectivity index (χ4n) is 2.27. The summed E-state index contributed by atoms with van der Waals surface area (Å²) in [6.07, 6.45) is 2.31.